The first-order chi connectivity index (χ1) is 14.3. The van der Waals surface area contributed by atoms with Crippen LogP contribution in [0.15, 0.2) is 42.6 Å². The number of halogens is 3. The Morgan fingerprint density at radius 3 is 2.60 bits per heavy atom. The van der Waals surface area contributed by atoms with Gasteiger partial charge in [0.15, 0.2) is 12.4 Å². The minimum absolute atomic E-state index is 0.0678. The first-order valence-electron chi connectivity index (χ1n) is 9.85. The van der Waals surface area contributed by atoms with E-state index in [9.17, 15) is 22.8 Å². The summed E-state index contributed by atoms with van der Waals surface area (Å²) in [6, 6.07) is 9.29. The molecule has 0 radical (unpaired) electrons. The summed E-state index contributed by atoms with van der Waals surface area (Å²) in [5, 5.41) is 0. The van der Waals surface area contributed by atoms with Crippen LogP contribution in [0.4, 0.5) is 19.0 Å². The number of carbonyl (C=O) groups excluding carboxylic acids is 2. The molecule has 1 saturated heterocycles. The van der Waals surface area contributed by atoms with Gasteiger partial charge in [0.2, 0.25) is 0 Å². The SMILES string of the molecule is CCc1ccc(C(=O)COC(=O)C2CCCN(c3ncccc3C(F)(F)F)C2)cc1. The summed E-state index contributed by atoms with van der Waals surface area (Å²) >= 11 is 0. The molecule has 1 aromatic carbocycles. The molecule has 2 aromatic rings. The fourth-order valence-electron chi connectivity index (χ4n) is 3.50. The van der Waals surface area contributed by atoms with Gasteiger partial charge in [0.05, 0.1) is 11.5 Å². The number of nitrogens with zero attached hydrogens (tertiary/aromatic N) is 2. The smallest absolute Gasteiger partial charge is 0.419 e. The number of Topliss-reactive ketones (excluding diaryl/α,β-unsaturated/α-hetero) is 1. The molecule has 1 atom stereocenters. The molecule has 1 aliphatic heterocycles. The number of benzene rings is 1. The number of carbonyl (C=O) groups is 2. The molecule has 0 aliphatic carbocycles. The lowest BCUT2D eigenvalue weighted by atomic mass is 9.97. The summed E-state index contributed by atoms with van der Waals surface area (Å²) < 4.78 is 45.0. The number of esters is 1. The Kier molecular flexibility index (Phi) is 6.74. The van der Waals surface area contributed by atoms with E-state index in [1.54, 1.807) is 12.1 Å². The zero-order chi connectivity index (χ0) is 21.7. The van der Waals surface area contributed by atoms with Gasteiger partial charge in [-0.2, -0.15) is 13.2 Å². The second-order valence-electron chi connectivity index (χ2n) is 7.24. The number of hydrogen-bond acceptors (Lipinski definition) is 5. The topological polar surface area (TPSA) is 59.5 Å². The van der Waals surface area contributed by atoms with Crippen molar-refractivity contribution in [3.63, 3.8) is 0 Å². The molecule has 3 rings (SSSR count). The third kappa shape index (κ3) is 5.17. The number of piperidine rings is 1. The summed E-state index contributed by atoms with van der Waals surface area (Å²) in [7, 11) is 0. The third-order valence-electron chi connectivity index (χ3n) is 5.18. The van der Waals surface area contributed by atoms with E-state index in [0.717, 1.165) is 18.1 Å². The molecule has 2 heterocycles. The monoisotopic (exact) mass is 420 g/mol. The predicted molar refractivity (Wildman–Crippen MR) is 105 cm³/mol. The van der Waals surface area contributed by atoms with Crippen LogP contribution in [0.5, 0.6) is 0 Å². The van der Waals surface area contributed by atoms with Gasteiger partial charge in [-0.1, -0.05) is 31.2 Å². The lowest BCUT2D eigenvalue weighted by molar-refractivity contribution is -0.147. The van der Waals surface area contributed by atoms with Gasteiger partial charge in [-0.3, -0.25) is 9.59 Å². The molecule has 0 bridgehead atoms. The fourth-order valence-corrected chi connectivity index (χ4v) is 3.50. The van der Waals surface area contributed by atoms with Gasteiger partial charge in [0.25, 0.3) is 0 Å². The Labute approximate surface area is 172 Å². The second-order valence-corrected chi connectivity index (χ2v) is 7.24. The van der Waals surface area contributed by atoms with Crippen LogP contribution >= 0.6 is 0 Å². The Morgan fingerprint density at radius 1 is 1.20 bits per heavy atom. The average Bonchev–Trinajstić information content (AvgIpc) is 2.76. The van der Waals surface area contributed by atoms with Crippen LogP contribution in [0, 0.1) is 5.92 Å². The van der Waals surface area contributed by atoms with Crippen LogP contribution < -0.4 is 4.90 Å². The molecule has 160 valence electrons. The molecule has 1 aromatic heterocycles. The van der Waals surface area contributed by atoms with Crippen molar-refractivity contribution in [3.05, 3.63) is 59.3 Å². The summed E-state index contributed by atoms with van der Waals surface area (Å²) in [5.74, 6) is -1.70. The number of hydrogen-bond donors (Lipinski definition) is 0. The minimum Gasteiger partial charge on any atom is -0.457 e. The molecule has 0 N–H and O–H groups in total. The number of ether oxygens (including phenoxy) is 1. The molecule has 1 unspecified atom stereocenters. The van der Waals surface area contributed by atoms with Gasteiger partial charge in [-0.15, -0.1) is 0 Å². The molecular formula is C22H23F3N2O3. The fraction of sp³-hybridized carbons (Fsp3) is 0.409. The maximum absolute atomic E-state index is 13.3. The van der Waals surface area contributed by atoms with Crippen molar-refractivity contribution in [2.24, 2.45) is 5.92 Å². The highest BCUT2D eigenvalue weighted by atomic mass is 19.4. The zero-order valence-corrected chi connectivity index (χ0v) is 16.6. The molecule has 1 aliphatic rings. The van der Waals surface area contributed by atoms with Crippen LogP contribution in [0.2, 0.25) is 0 Å². The summed E-state index contributed by atoms with van der Waals surface area (Å²) in [5.41, 5.74) is 0.719. The van der Waals surface area contributed by atoms with E-state index in [1.807, 2.05) is 19.1 Å². The van der Waals surface area contributed by atoms with E-state index in [2.05, 4.69) is 4.98 Å². The number of pyridine rings is 1. The minimum atomic E-state index is -4.53. The van der Waals surface area contributed by atoms with Gasteiger partial charge in [0.1, 0.15) is 5.82 Å². The van der Waals surface area contributed by atoms with Crippen LogP contribution in [-0.2, 0) is 22.1 Å². The Balaban J connectivity index is 1.61. The number of aromatic nitrogens is 1. The molecule has 1 fully saturated rings. The van der Waals surface area contributed by atoms with Crippen molar-refractivity contribution in [3.8, 4) is 0 Å². The molecule has 0 saturated carbocycles. The number of alkyl halides is 3. The van der Waals surface area contributed by atoms with Crippen LogP contribution in [-0.4, -0.2) is 36.4 Å². The second kappa shape index (κ2) is 9.28. The van der Waals surface area contributed by atoms with Crippen molar-refractivity contribution in [2.45, 2.75) is 32.4 Å². The normalized spacial score (nSPS) is 16.9. The Morgan fingerprint density at radius 2 is 1.93 bits per heavy atom. The van der Waals surface area contributed by atoms with E-state index in [-0.39, 0.29) is 18.1 Å². The van der Waals surface area contributed by atoms with E-state index in [1.165, 1.54) is 17.2 Å². The van der Waals surface area contributed by atoms with Crippen molar-refractivity contribution in [1.82, 2.24) is 4.98 Å². The molecule has 5 nitrogen and oxygen atoms in total. The van der Waals surface area contributed by atoms with E-state index in [4.69, 9.17) is 4.74 Å². The number of rotatable bonds is 6. The van der Waals surface area contributed by atoms with Gasteiger partial charge in [-0.25, -0.2) is 4.98 Å². The average molecular weight is 420 g/mol. The Hall–Kier alpha value is -2.90. The van der Waals surface area contributed by atoms with E-state index >= 15 is 0 Å². The van der Waals surface area contributed by atoms with Crippen LogP contribution in [0.1, 0.15) is 41.3 Å². The lowest BCUT2D eigenvalue weighted by Gasteiger charge is -2.33. The zero-order valence-electron chi connectivity index (χ0n) is 16.6. The maximum Gasteiger partial charge on any atom is 0.419 e. The summed E-state index contributed by atoms with van der Waals surface area (Å²) in [6.07, 6.45) is -1.36. The lowest BCUT2D eigenvalue weighted by Crippen LogP contribution is -2.41. The molecule has 0 amide bonds. The van der Waals surface area contributed by atoms with Gasteiger partial charge in [-0.05, 0) is 37.0 Å². The van der Waals surface area contributed by atoms with Crippen molar-refractivity contribution in [1.29, 1.82) is 0 Å². The highest BCUT2D eigenvalue weighted by Crippen LogP contribution is 2.36. The maximum atomic E-state index is 13.3. The standard InChI is InChI=1S/C22H23F3N2O3/c1-2-15-7-9-16(10-8-15)19(28)14-30-21(29)17-5-4-12-27(13-17)20-18(22(23,24)25)6-3-11-26-20/h3,6-11,17H,2,4-5,12-14H2,1H3. The van der Waals surface area contributed by atoms with Gasteiger partial charge >= 0.3 is 12.1 Å². The molecular weight excluding hydrogens is 397 g/mol. The highest BCUT2D eigenvalue weighted by Gasteiger charge is 2.37. The third-order valence-corrected chi connectivity index (χ3v) is 5.18. The van der Waals surface area contributed by atoms with Crippen molar-refractivity contribution in [2.75, 3.05) is 24.6 Å². The first-order valence-corrected chi connectivity index (χ1v) is 9.85. The first kappa shape index (κ1) is 21.8. The Bertz CT molecular complexity index is 897. The largest absolute Gasteiger partial charge is 0.457 e. The van der Waals surface area contributed by atoms with E-state index in [0.29, 0.717) is 24.9 Å². The quantitative estimate of drug-likeness (QED) is 0.515. The van der Waals surface area contributed by atoms with Crippen molar-refractivity contribution < 1.29 is 27.5 Å². The predicted octanol–water partition coefficient (Wildman–Crippen LogP) is 4.31. The highest BCUT2D eigenvalue weighted by molar-refractivity contribution is 5.98. The van der Waals surface area contributed by atoms with Gasteiger partial charge in [0, 0.05) is 24.8 Å². The number of aryl methyl sites for hydroxylation is 1. The number of anilines is 1. The summed E-state index contributed by atoms with van der Waals surface area (Å²) in [6.45, 7) is 2.05. The van der Waals surface area contributed by atoms with Crippen LogP contribution in [0.25, 0.3) is 0 Å². The van der Waals surface area contributed by atoms with Crippen molar-refractivity contribution >= 4 is 17.6 Å². The molecule has 0 spiro atoms. The molecule has 30 heavy (non-hydrogen) atoms. The number of ketones is 1. The summed E-state index contributed by atoms with van der Waals surface area (Å²) in [4.78, 5) is 30.1. The van der Waals surface area contributed by atoms with E-state index < -0.39 is 30.2 Å². The van der Waals surface area contributed by atoms with Gasteiger partial charge < -0.3 is 9.64 Å². The van der Waals surface area contributed by atoms with Crippen LogP contribution in [0.3, 0.4) is 0 Å². The molecule has 8 heteroatoms.